The summed E-state index contributed by atoms with van der Waals surface area (Å²) >= 11 is 3.33. The van der Waals surface area contributed by atoms with Gasteiger partial charge in [-0.2, -0.15) is 5.21 Å². The standard InChI is InChI=1S/C8H10BrN7/c1-2-6-11-5(9)3-7(12-6)10-4-8-13-15-16-14-8/h3H,2,4H2,1H3,(H,10,11,12)(H,13,14,15,16). The van der Waals surface area contributed by atoms with Crippen molar-refractivity contribution in [3.05, 3.63) is 22.3 Å². The van der Waals surface area contributed by atoms with Gasteiger partial charge in [0.1, 0.15) is 16.2 Å². The fraction of sp³-hybridized carbons (Fsp3) is 0.375. The van der Waals surface area contributed by atoms with Crippen molar-refractivity contribution in [2.24, 2.45) is 0 Å². The van der Waals surface area contributed by atoms with E-state index in [4.69, 9.17) is 0 Å². The molecule has 0 amide bonds. The Bertz CT molecular complexity index is 455. The molecular weight excluding hydrogens is 274 g/mol. The van der Waals surface area contributed by atoms with Crippen molar-refractivity contribution in [2.45, 2.75) is 19.9 Å². The number of aryl methyl sites for hydroxylation is 1. The Morgan fingerprint density at radius 2 is 2.25 bits per heavy atom. The van der Waals surface area contributed by atoms with E-state index in [1.807, 2.05) is 6.92 Å². The summed E-state index contributed by atoms with van der Waals surface area (Å²) in [5.41, 5.74) is 0. The number of rotatable bonds is 4. The van der Waals surface area contributed by atoms with Crippen molar-refractivity contribution in [1.29, 1.82) is 0 Å². The zero-order valence-electron chi connectivity index (χ0n) is 8.61. The summed E-state index contributed by atoms with van der Waals surface area (Å²) in [5, 5.41) is 16.6. The maximum absolute atomic E-state index is 4.31. The van der Waals surface area contributed by atoms with Crippen LogP contribution in [-0.2, 0) is 13.0 Å². The number of halogens is 1. The summed E-state index contributed by atoms with van der Waals surface area (Å²) in [5.74, 6) is 2.11. The maximum Gasteiger partial charge on any atom is 0.193 e. The second kappa shape index (κ2) is 4.97. The van der Waals surface area contributed by atoms with Gasteiger partial charge in [-0.3, -0.25) is 0 Å². The van der Waals surface area contributed by atoms with Crippen LogP contribution in [0.4, 0.5) is 5.82 Å². The van der Waals surface area contributed by atoms with Crippen molar-refractivity contribution in [1.82, 2.24) is 30.6 Å². The number of aromatic amines is 1. The van der Waals surface area contributed by atoms with Crippen molar-refractivity contribution in [3.63, 3.8) is 0 Å². The number of nitrogens with one attached hydrogen (secondary N) is 2. The fourth-order valence-electron chi connectivity index (χ4n) is 1.14. The van der Waals surface area contributed by atoms with Crippen LogP contribution in [0.3, 0.4) is 0 Å². The van der Waals surface area contributed by atoms with Gasteiger partial charge in [0.25, 0.3) is 0 Å². The Labute approximate surface area is 100 Å². The topological polar surface area (TPSA) is 92.3 Å². The number of tetrazole rings is 1. The van der Waals surface area contributed by atoms with E-state index < -0.39 is 0 Å². The molecule has 0 atom stereocenters. The number of aromatic nitrogens is 6. The number of H-pyrrole nitrogens is 1. The minimum atomic E-state index is 0.475. The van der Waals surface area contributed by atoms with E-state index in [0.29, 0.717) is 12.4 Å². The first-order chi connectivity index (χ1) is 7.78. The molecule has 0 aliphatic rings. The van der Waals surface area contributed by atoms with E-state index in [2.05, 4.69) is 51.8 Å². The molecule has 2 aromatic heterocycles. The Hall–Kier alpha value is -1.57. The minimum absolute atomic E-state index is 0.475. The predicted octanol–water partition coefficient (Wildman–Crippen LogP) is 0.927. The summed E-state index contributed by atoms with van der Waals surface area (Å²) in [6, 6.07) is 1.80. The SMILES string of the molecule is CCc1nc(Br)cc(NCc2nn[nH]n2)n1. The van der Waals surface area contributed by atoms with Crippen molar-refractivity contribution in [3.8, 4) is 0 Å². The molecule has 0 aliphatic heterocycles. The highest BCUT2D eigenvalue weighted by Gasteiger charge is 2.03. The van der Waals surface area contributed by atoms with Crippen LogP contribution in [0.25, 0.3) is 0 Å². The Morgan fingerprint density at radius 3 is 2.94 bits per heavy atom. The number of nitrogens with zero attached hydrogens (tertiary/aromatic N) is 5. The molecule has 0 fully saturated rings. The molecule has 2 aromatic rings. The third-order valence-corrected chi connectivity index (χ3v) is 2.28. The fourth-order valence-corrected chi connectivity index (χ4v) is 1.56. The lowest BCUT2D eigenvalue weighted by Crippen LogP contribution is -2.05. The van der Waals surface area contributed by atoms with Gasteiger partial charge in [0.15, 0.2) is 5.82 Å². The van der Waals surface area contributed by atoms with Crippen molar-refractivity contribution in [2.75, 3.05) is 5.32 Å². The lowest BCUT2D eigenvalue weighted by Gasteiger charge is -2.04. The Morgan fingerprint density at radius 1 is 1.38 bits per heavy atom. The largest absolute Gasteiger partial charge is 0.362 e. The van der Waals surface area contributed by atoms with E-state index in [1.165, 1.54) is 0 Å². The lowest BCUT2D eigenvalue weighted by molar-refractivity contribution is 0.881. The van der Waals surface area contributed by atoms with E-state index in [1.54, 1.807) is 6.07 Å². The summed E-state index contributed by atoms with van der Waals surface area (Å²) in [7, 11) is 0. The van der Waals surface area contributed by atoms with Gasteiger partial charge in [0.2, 0.25) is 0 Å². The molecule has 7 nitrogen and oxygen atoms in total. The summed E-state index contributed by atoms with van der Waals surface area (Å²) in [4.78, 5) is 8.53. The minimum Gasteiger partial charge on any atom is -0.362 e. The molecule has 84 valence electrons. The van der Waals surface area contributed by atoms with Crippen molar-refractivity contribution >= 4 is 21.7 Å². The quantitative estimate of drug-likeness (QED) is 0.811. The lowest BCUT2D eigenvalue weighted by atomic mass is 10.4. The van der Waals surface area contributed by atoms with Crippen LogP contribution in [0.5, 0.6) is 0 Å². The van der Waals surface area contributed by atoms with Gasteiger partial charge in [-0.25, -0.2) is 9.97 Å². The summed E-state index contributed by atoms with van der Waals surface area (Å²) in [6.45, 7) is 2.48. The first kappa shape index (κ1) is 10.9. The molecule has 0 spiro atoms. The third kappa shape index (κ3) is 2.72. The third-order valence-electron chi connectivity index (χ3n) is 1.87. The van der Waals surface area contributed by atoms with Gasteiger partial charge < -0.3 is 5.32 Å². The molecule has 2 heterocycles. The van der Waals surface area contributed by atoms with Gasteiger partial charge in [0.05, 0.1) is 6.54 Å². The van der Waals surface area contributed by atoms with Crippen LogP contribution in [-0.4, -0.2) is 30.6 Å². The number of anilines is 1. The monoisotopic (exact) mass is 283 g/mol. The zero-order chi connectivity index (χ0) is 11.4. The van der Waals surface area contributed by atoms with Crippen LogP contribution < -0.4 is 5.32 Å². The Kier molecular flexibility index (Phi) is 3.40. The van der Waals surface area contributed by atoms with Crippen LogP contribution in [0.15, 0.2) is 10.7 Å². The first-order valence-electron chi connectivity index (χ1n) is 4.77. The molecule has 0 saturated carbocycles. The van der Waals surface area contributed by atoms with E-state index in [0.717, 1.165) is 22.7 Å². The van der Waals surface area contributed by atoms with E-state index in [9.17, 15) is 0 Å². The number of hydrogen-bond acceptors (Lipinski definition) is 6. The highest BCUT2D eigenvalue weighted by molar-refractivity contribution is 9.10. The van der Waals surface area contributed by atoms with Gasteiger partial charge in [-0.15, -0.1) is 10.2 Å². The zero-order valence-corrected chi connectivity index (χ0v) is 10.2. The summed E-state index contributed by atoms with van der Waals surface area (Å²) < 4.78 is 0.759. The van der Waals surface area contributed by atoms with E-state index >= 15 is 0 Å². The van der Waals surface area contributed by atoms with Crippen LogP contribution >= 0.6 is 15.9 Å². The normalized spacial score (nSPS) is 10.4. The molecule has 16 heavy (non-hydrogen) atoms. The van der Waals surface area contributed by atoms with Crippen LogP contribution in [0.2, 0.25) is 0 Å². The van der Waals surface area contributed by atoms with Gasteiger partial charge in [-0.1, -0.05) is 12.1 Å². The molecule has 0 radical (unpaired) electrons. The highest BCUT2D eigenvalue weighted by Crippen LogP contribution is 2.12. The first-order valence-corrected chi connectivity index (χ1v) is 5.57. The maximum atomic E-state index is 4.31. The summed E-state index contributed by atoms with van der Waals surface area (Å²) in [6.07, 6.45) is 0.788. The van der Waals surface area contributed by atoms with Gasteiger partial charge in [-0.05, 0) is 15.9 Å². The number of hydrogen-bond donors (Lipinski definition) is 2. The average molecular weight is 284 g/mol. The second-order valence-electron chi connectivity index (χ2n) is 3.03. The average Bonchev–Trinajstić information content (AvgIpc) is 2.78. The van der Waals surface area contributed by atoms with E-state index in [-0.39, 0.29) is 0 Å². The highest BCUT2D eigenvalue weighted by atomic mass is 79.9. The second-order valence-corrected chi connectivity index (χ2v) is 3.84. The molecule has 0 aliphatic carbocycles. The Balaban J connectivity index is 2.06. The molecule has 0 unspecified atom stereocenters. The molecular formula is C8H10BrN7. The molecule has 0 aromatic carbocycles. The molecule has 0 saturated heterocycles. The molecule has 2 rings (SSSR count). The predicted molar refractivity (Wildman–Crippen MR) is 60.6 cm³/mol. The van der Waals surface area contributed by atoms with Crippen molar-refractivity contribution < 1.29 is 0 Å². The molecule has 0 bridgehead atoms. The van der Waals surface area contributed by atoms with Gasteiger partial charge >= 0.3 is 0 Å². The molecule has 2 N–H and O–H groups in total. The van der Waals surface area contributed by atoms with Crippen LogP contribution in [0.1, 0.15) is 18.6 Å². The van der Waals surface area contributed by atoms with Gasteiger partial charge in [0, 0.05) is 12.5 Å². The smallest absolute Gasteiger partial charge is 0.193 e. The van der Waals surface area contributed by atoms with Crippen LogP contribution in [0, 0.1) is 0 Å². The molecule has 8 heteroatoms.